The Morgan fingerprint density at radius 2 is 1.95 bits per heavy atom. The summed E-state index contributed by atoms with van der Waals surface area (Å²) in [7, 11) is 0. The maximum Gasteiger partial charge on any atom is 0.242 e. The zero-order chi connectivity index (χ0) is 13.9. The fourth-order valence-corrected chi connectivity index (χ4v) is 2.32. The maximum atomic E-state index is 12.0. The van der Waals surface area contributed by atoms with Crippen LogP contribution in [0.15, 0.2) is 42.7 Å². The SMILES string of the molecule is O=C(NNc1nccnc1Cl)C1CC1c1ccccc1. The summed E-state index contributed by atoms with van der Waals surface area (Å²) in [5, 5.41) is 0.225. The highest BCUT2D eigenvalue weighted by molar-refractivity contribution is 6.31. The molecule has 0 spiro atoms. The number of benzene rings is 1. The summed E-state index contributed by atoms with van der Waals surface area (Å²) in [5.74, 6) is 0.593. The summed E-state index contributed by atoms with van der Waals surface area (Å²) in [6.07, 6.45) is 3.86. The minimum absolute atomic E-state index is 0.000321. The van der Waals surface area contributed by atoms with Crippen LogP contribution in [0.3, 0.4) is 0 Å². The highest BCUT2D eigenvalue weighted by atomic mass is 35.5. The largest absolute Gasteiger partial charge is 0.279 e. The molecule has 2 unspecified atom stereocenters. The summed E-state index contributed by atoms with van der Waals surface area (Å²) in [5.41, 5.74) is 6.53. The van der Waals surface area contributed by atoms with Crippen molar-refractivity contribution >= 4 is 23.3 Å². The van der Waals surface area contributed by atoms with Gasteiger partial charge in [-0.2, -0.15) is 0 Å². The van der Waals surface area contributed by atoms with Crippen LogP contribution in [-0.2, 0) is 4.79 Å². The normalized spacial score (nSPS) is 20.2. The fourth-order valence-electron chi connectivity index (χ4n) is 2.17. The van der Waals surface area contributed by atoms with Gasteiger partial charge in [0.1, 0.15) is 0 Å². The number of hydrogen-bond donors (Lipinski definition) is 2. The molecule has 102 valence electrons. The van der Waals surface area contributed by atoms with Gasteiger partial charge < -0.3 is 0 Å². The van der Waals surface area contributed by atoms with Crippen LogP contribution in [0.5, 0.6) is 0 Å². The predicted molar refractivity (Wildman–Crippen MR) is 76.1 cm³/mol. The molecule has 1 aliphatic carbocycles. The summed E-state index contributed by atoms with van der Waals surface area (Å²) in [4.78, 5) is 19.9. The Morgan fingerprint density at radius 1 is 1.20 bits per heavy atom. The van der Waals surface area contributed by atoms with E-state index in [9.17, 15) is 4.79 Å². The average Bonchev–Trinajstić information content (AvgIpc) is 3.28. The second-order valence-corrected chi connectivity index (χ2v) is 5.03. The van der Waals surface area contributed by atoms with Gasteiger partial charge in [0.15, 0.2) is 11.0 Å². The number of hydrogen-bond acceptors (Lipinski definition) is 4. The molecular formula is C14H13ClN4O. The van der Waals surface area contributed by atoms with E-state index in [0.29, 0.717) is 11.7 Å². The number of rotatable bonds is 4. The zero-order valence-electron chi connectivity index (χ0n) is 10.6. The Bertz CT molecular complexity index is 620. The van der Waals surface area contributed by atoms with E-state index < -0.39 is 0 Å². The van der Waals surface area contributed by atoms with Gasteiger partial charge in [0.2, 0.25) is 5.91 Å². The summed E-state index contributed by atoms with van der Waals surface area (Å²) in [6.45, 7) is 0. The van der Waals surface area contributed by atoms with Crippen molar-refractivity contribution in [3.05, 3.63) is 53.4 Å². The van der Waals surface area contributed by atoms with E-state index in [2.05, 4.69) is 20.8 Å². The highest BCUT2D eigenvalue weighted by Gasteiger charge is 2.43. The molecule has 2 N–H and O–H groups in total. The standard InChI is InChI=1S/C14H13ClN4O/c15-12-13(17-7-6-16-12)18-19-14(20)11-8-10(11)9-4-2-1-3-5-9/h1-7,10-11H,8H2,(H,17,18)(H,19,20). The first-order valence-electron chi connectivity index (χ1n) is 6.33. The summed E-state index contributed by atoms with van der Waals surface area (Å²) >= 11 is 5.84. The third-order valence-corrected chi connectivity index (χ3v) is 3.59. The van der Waals surface area contributed by atoms with Crippen LogP contribution < -0.4 is 10.9 Å². The molecule has 1 aromatic heterocycles. The molecule has 0 radical (unpaired) electrons. The number of carbonyl (C=O) groups excluding carboxylic acids is 1. The molecule has 1 aromatic carbocycles. The van der Waals surface area contributed by atoms with Crippen LogP contribution in [0.2, 0.25) is 5.15 Å². The van der Waals surface area contributed by atoms with Crippen molar-refractivity contribution in [2.24, 2.45) is 5.92 Å². The summed E-state index contributed by atoms with van der Waals surface area (Å²) in [6, 6.07) is 10.0. The number of aromatic nitrogens is 2. The quantitative estimate of drug-likeness (QED) is 0.848. The maximum absolute atomic E-state index is 12.0. The van der Waals surface area contributed by atoms with Crippen molar-refractivity contribution in [2.45, 2.75) is 12.3 Å². The smallest absolute Gasteiger partial charge is 0.242 e. The topological polar surface area (TPSA) is 66.9 Å². The molecule has 1 heterocycles. The molecule has 1 amide bonds. The van der Waals surface area contributed by atoms with Crippen molar-refractivity contribution in [3.63, 3.8) is 0 Å². The van der Waals surface area contributed by atoms with E-state index >= 15 is 0 Å². The Balaban J connectivity index is 1.56. The van der Waals surface area contributed by atoms with Crippen molar-refractivity contribution in [3.8, 4) is 0 Å². The number of hydrazine groups is 1. The van der Waals surface area contributed by atoms with Gasteiger partial charge in [-0.25, -0.2) is 9.97 Å². The van der Waals surface area contributed by atoms with E-state index in [1.807, 2.05) is 30.3 Å². The lowest BCUT2D eigenvalue weighted by molar-refractivity contribution is -0.121. The molecule has 20 heavy (non-hydrogen) atoms. The van der Waals surface area contributed by atoms with Crippen LogP contribution in [0.1, 0.15) is 17.9 Å². The molecule has 1 fully saturated rings. The van der Waals surface area contributed by atoms with E-state index in [-0.39, 0.29) is 17.0 Å². The first-order chi connectivity index (χ1) is 9.75. The van der Waals surface area contributed by atoms with E-state index in [4.69, 9.17) is 11.6 Å². The Hall–Kier alpha value is -2.14. The van der Waals surface area contributed by atoms with Gasteiger partial charge in [-0.3, -0.25) is 15.6 Å². The molecule has 2 atom stereocenters. The summed E-state index contributed by atoms with van der Waals surface area (Å²) < 4.78 is 0. The van der Waals surface area contributed by atoms with Crippen LogP contribution in [0.4, 0.5) is 5.82 Å². The predicted octanol–water partition coefficient (Wildman–Crippen LogP) is 2.38. The van der Waals surface area contributed by atoms with Gasteiger partial charge in [0, 0.05) is 18.3 Å². The van der Waals surface area contributed by atoms with E-state index in [1.165, 1.54) is 18.0 Å². The zero-order valence-corrected chi connectivity index (χ0v) is 11.3. The second-order valence-electron chi connectivity index (χ2n) is 4.67. The third kappa shape index (κ3) is 2.72. The first kappa shape index (κ1) is 12.9. The van der Waals surface area contributed by atoms with Gasteiger partial charge in [-0.1, -0.05) is 41.9 Å². The van der Waals surface area contributed by atoms with Crippen LogP contribution in [0, 0.1) is 5.92 Å². The molecule has 3 rings (SSSR count). The van der Waals surface area contributed by atoms with Crippen LogP contribution in [-0.4, -0.2) is 15.9 Å². The number of nitrogens with one attached hydrogen (secondary N) is 2. The molecule has 1 saturated carbocycles. The Morgan fingerprint density at radius 3 is 2.70 bits per heavy atom. The molecule has 5 nitrogen and oxygen atoms in total. The minimum Gasteiger partial charge on any atom is -0.279 e. The average molecular weight is 289 g/mol. The molecule has 0 saturated heterocycles. The Labute approximate surface area is 121 Å². The van der Waals surface area contributed by atoms with Gasteiger partial charge >= 0.3 is 0 Å². The van der Waals surface area contributed by atoms with Gasteiger partial charge in [-0.05, 0) is 17.9 Å². The molecule has 1 aliphatic rings. The molecular weight excluding hydrogens is 276 g/mol. The first-order valence-corrected chi connectivity index (χ1v) is 6.71. The fraction of sp³-hybridized carbons (Fsp3) is 0.214. The van der Waals surface area contributed by atoms with E-state index in [0.717, 1.165) is 6.42 Å². The monoisotopic (exact) mass is 288 g/mol. The lowest BCUT2D eigenvalue weighted by Crippen LogP contribution is -2.31. The molecule has 0 bridgehead atoms. The number of anilines is 1. The van der Waals surface area contributed by atoms with E-state index in [1.54, 1.807) is 0 Å². The van der Waals surface area contributed by atoms with Crippen molar-refractivity contribution in [1.82, 2.24) is 15.4 Å². The van der Waals surface area contributed by atoms with Crippen molar-refractivity contribution in [1.29, 1.82) is 0 Å². The van der Waals surface area contributed by atoms with Crippen molar-refractivity contribution < 1.29 is 4.79 Å². The number of nitrogens with zero attached hydrogens (tertiary/aromatic N) is 2. The van der Waals surface area contributed by atoms with Crippen LogP contribution >= 0.6 is 11.6 Å². The minimum atomic E-state index is -0.0550. The lowest BCUT2D eigenvalue weighted by atomic mass is 10.1. The van der Waals surface area contributed by atoms with Crippen LogP contribution in [0.25, 0.3) is 0 Å². The van der Waals surface area contributed by atoms with Gasteiger partial charge in [0.05, 0.1) is 0 Å². The lowest BCUT2D eigenvalue weighted by Gasteiger charge is -2.08. The van der Waals surface area contributed by atoms with Crippen molar-refractivity contribution in [2.75, 3.05) is 5.43 Å². The number of amides is 1. The third-order valence-electron chi connectivity index (χ3n) is 3.31. The number of carbonyl (C=O) groups is 1. The highest BCUT2D eigenvalue weighted by Crippen LogP contribution is 2.47. The molecule has 6 heteroatoms. The number of halogens is 1. The second kappa shape index (κ2) is 5.46. The molecule has 0 aliphatic heterocycles. The van der Waals surface area contributed by atoms with Gasteiger partial charge in [-0.15, -0.1) is 0 Å². The van der Waals surface area contributed by atoms with Gasteiger partial charge in [0.25, 0.3) is 0 Å². The Kier molecular flexibility index (Phi) is 3.52. The molecule has 2 aromatic rings.